The zero-order chi connectivity index (χ0) is 13.3. The Balaban J connectivity index is 2.33. The number of fused-ring (bicyclic) bond motifs is 1. The van der Waals surface area contributed by atoms with Crippen LogP contribution in [0.3, 0.4) is 0 Å². The molecule has 1 aliphatic heterocycles. The van der Waals surface area contributed by atoms with Gasteiger partial charge in [-0.05, 0) is 31.9 Å². The third-order valence-electron chi connectivity index (χ3n) is 2.94. The van der Waals surface area contributed by atoms with Crippen LogP contribution in [-0.4, -0.2) is 24.3 Å². The monoisotopic (exact) mass is 254 g/mol. The van der Waals surface area contributed by atoms with Crippen LogP contribution in [0.2, 0.25) is 0 Å². The fourth-order valence-corrected chi connectivity index (χ4v) is 1.81. The van der Waals surface area contributed by atoms with Crippen molar-refractivity contribution in [3.05, 3.63) is 23.5 Å². The molecule has 0 radical (unpaired) electrons. The number of halogens is 1. The molecule has 0 saturated carbocycles. The lowest BCUT2D eigenvalue weighted by molar-refractivity contribution is -0.146. The Morgan fingerprint density at radius 2 is 2.06 bits per heavy atom. The lowest BCUT2D eigenvalue weighted by Gasteiger charge is -2.23. The van der Waals surface area contributed by atoms with Crippen LogP contribution < -0.4 is 9.47 Å². The maximum Gasteiger partial charge on any atom is 0.309 e. The minimum atomic E-state index is -1.02. The maximum atomic E-state index is 14.2. The van der Waals surface area contributed by atoms with E-state index < -0.39 is 17.2 Å². The van der Waals surface area contributed by atoms with E-state index >= 15 is 0 Å². The van der Waals surface area contributed by atoms with Crippen molar-refractivity contribution in [1.82, 2.24) is 0 Å². The topological polar surface area (TPSA) is 55.8 Å². The molecule has 1 N–H and O–H groups in total. The highest BCUT2D eigenvalue weighted by atomic mass is 19.1. The molecule has 98 valence electrons. The highest BCUT2D eigenvalue weighted by molar-refractivity contribution is 5.74. The number of aliphatic carboxylic acids is 1. The molecule has 2 rings (SSSR count). The van der Waals surface area contributed by atoms with Gasteiger partial charge in [0.25, 0.3) is 0 Å². The molecule has 0 spiro atoms. The molecule has 0 unspecified atom stereocenters. The summed E-state index contributed by atoms with van der Waals surface area (Å²) in [5.74, 6) is -1.03. The average molecular weight is 254 g/mol. The Labute approximate surface area is 104 Å². The predicted octanol–water partition coefficient (Wildman–Crippen LogP) is 2.25. The van der Waals surface area contributed by atoms with Gasteiger partial charge in [-0.25, -0.2) is 4.39 Å². The lowest BCUT2D eigenvalue weighted by Crippen LogP contribution is -2.27. The van der Waals surface area contributed by atoms with Crippen molar-refractivity contribution in [2.75, 3.05) is 13.2 Å². The molecule has 0 fully saturated rings. The summed E-state index contributed by atoms with van der Waals surface area (Å²) in [6, 6.07) is 3.17. The minimum Gasteiger partial charge on any atom is -0.486 e. The first-order valence-corrected chi connectivity index (χ1v) is 5.72. The first-order chi connectivity index (χ1) is 8.42. The predicted molar refractivity (Wildman–Crippen MR) is 62.5 cm³/mol. The number of rotatable bonds is 3. The van der Waals surface area contributed by atoms with Crippen LogP contribution in [0.15, 0.2) is 12.1 Å². The average Bonchev–Trinajstić information content (AvgIpc) is 2.33. The summed E-state index contributed by atoms with van der Waals surface area (Å²) in [5.41, 5.74) is -0.698. The van der Waals surface area contributed by atoms with Gasteiger partial charge in [0.05, 0.1) is 5.41 Å². The molecule has 1 aromatic carbocycles. The summed E-state index contributed by atoms with van der Waals surface area (Å²) >= 11 is 0. The number of hydrogen-bond donors (Lipinski definition) is 1. The third-order valence-corrected chi connectivity index (χ3v) is 2.94. The molecule has 5 heteroatoms. The summed E-state index contributed by atoms with van der Waals surface area (Å²) < 4.78 is 24.6. The smallest absolute Gasteiger partial charge is 0.309 e. The highest BCUT2D eigenvalue weighted by Gasteiger charge is 2.30. The van der Waals surface area contributed by atoms with Crippen molar-refractivity contribution in [2.24, 2.45) is 5.41 Å². The first-order valence-electron chi connectivity index (χ1n) is 5.72. The van der Waals surface area contributed by atoms with Gasteiger partial charge < -0.3 is 14.6 Å². The van der Waals surface area contributed by atoms with E-state index in [1.54, 1.807) is 26.0 Å². The van der Waals surface area contributed by atoms with Crippen LogP contribution in [0.25, 0.3) is 0 Å². The van der Waals surface area contributed by atoms with Crippen LogP contribution in [-0.2, 0) is 11.2 Å². The normalized spacial score (nSPS) is 14.4. The molecule has 1 heterocycles. The quantitative estimate of drug-likeness (QED) is 0.898. The standard InChI is InChI=1S/C13H15FO4/c1-13(2,12(15)16)7-8-3-4-9-11(10(8)14)18-6-5-17-9/h3-4H,5-7H2,1-2H3,(H,15,16). The van der Waals surface area contributed by atoms with Gasteiger partial charge >= 0.3 is 5.97 Å². The van der Waals surface area contributed by atoms with Crippen LogP contribution in [0.4, 0.5) is 4.39 Å². The number of hydrogen-bond acceptors (Lipinski definition) is 3. The summed E-state index contributed by atoms with van der Waals surface area (Å²) in [6.45, 7) is 3.82. The van der Waals surface area contributed by atoms with Crippen molar-refractivity contribution in [1.29, 1.82) is 0 Å². The maximum absolute atomic E-state index is 14.2. The highest BCUT2D eigenvalue weighted by Crippen LogP contribution is 2.36. The second kappa shape index (κ2) is 4.48. The van der Waals surface area contributed by atoms with Crippen LogP contribution >= 0.6 is 0 Å². The second-order valence-electron chi connectivity index (χ2n) is 4.93. The van der Waals surface area contributed by atoms with Gasteiger partial charge in [0, 0.05) is 0 Å². The summed E-state index contributed by atoms with van der Waals surface area (Å²) in [5, 5.41) is 9.05. The van der Waals surface area contributed by atoms with Crippen molar-refractivity contribution < 1.29 is 23.8 Å². The van der Waals surface area contributed by atoms with Gasteiger partial charge in [-0.15, -0.1) is 0 Å². The molecule has 4 nitrogen and oxygen atoms in total. The molecular formula is C13H15FO4. The fraction of sp³-hybridized carbons (Fsp3) is 0.462. The molecular weight excluding hydrogens is 239 g/mol. The van der Waals surface area contributed by atoms with Gasteiger partial charge in [-0.3, -0.25) is 4.79 Å². The summed E-state index contributed by atoms with van der Waals surface area (Å²) in [4.78, 5) is 11.0. The van der Waals surface area contributed by atoms with Crippen molar-refractivity contribution in [2.45, 2.75) is 20.3 Å². The van der Waals surface area contributed by atoms with Gasteiger partial charge in [-0.1, -0.05) is 6.07 Å². The van der Waals surface area contributed by atoms with Gasteiger partial charge in [0.1, 0.15) is 13.2 Å². The van der Waals surface area contributed by atoms with Gasteiger partial charge in [0.15, 0.2) is 17.3 Å². The lowest BCUT2D eigenvalue weighted by atomic mass is 9.85. The molecule has 0 aromatic heterocycles. The molecule has 1 aromatic rings. The first kappa shape index (κ1) is 12.7. The fourth-order valence-electron chi connectivity index (χ4n) is 1.81. The molecule has 1 aliphatic rings. The van der Waals surface area contributed by atoms with Crippen LogP contribution in [0.1, 0.15) is 19.4 Å². The van der Waals surface area contributed by atoms with E-state index in [1.165, 1.54) is 0 Å². The molecule has 0 aliphatic carbocycles. The Morgan fingerprint density at radius 1 is 1.39 bits per heavy atom. The Kier molecular flexibility index (Phi) is 3.15. The van der Waals surface area contributed by atoms with E-state index in [-0.39, 0.29) is 12.2 Å². The van der Waals surface area contributed by atoms with Crippen LogP contribution in [0.5, 0.6) is 11.5 Å². The number of carbonyl (C=O) groups is 1. The minimum absolute atomic E-state index is 0.0833. The zero-order valence-corrected chi connectivity index (χ0v) is 10.3. The van der Waals surface area contributed by atoms with E-state index in [0.29, 0.717) is 24.5 Å². The molecule has 0 amide bonds. The van der Waals surface area contributed by atoms with Crippen molar-refractivity contribution in [3.63, 3.8) is 0 Å². The molecule has 0 atom stereocenters. The Bertz CT molecular complexity index is 482. The summed E-state index contributed by atoms with van der Waals surface area (Å²) in [6.07, 6.45) is 0.102. The number of benzene rings is 1. The molecule has 0 bridgehead atoms. The van der Waals surface area contributed by atoms with Crippen LogP contribution in [0, 0.1) is 11.2 Å². The Hall–Kier alpha value is -1.78. The number of carboxylic acid groups (broad SMARTS) is 1. The second-order valence-corrected chi connectivity index (χ2v) is 4.93. The van der Waals surface area contributed by atoms with E-state index in [4.69, 9.17) is 14.6 Å². The van der Waals surface area contributed by atoms with Crippen molar-refractivity contribution in [3.8, 4) is 11.5 Å². The Morgan fingerprint density at radius 3 is 2.72 bits per heavy atom. The van der Waals surface area contributed by atoms with E-state index in [9.17, 15) is 9.18 Å². The SMILES string of the molecule is CC(C)(Cc1ccc2c(c1F)OCCO2)C(=O)O. The van der Waals surface area contributed by atoms with E-state index in [0.717, 1.165) is 0 Å². The number of carboxylic acids is 1. The largest absolute Gasteiger partial charge is 0.486 e. The van der Waals surface area contributed by atoms with E-state index in [1.807, 2.05) is 0 Å². The molecule has 0 saturated heterocycles. The summed E-state index contributed by atoms with van der Waals surface area (Å²) in [7, 11) is 0. The van der Waals surface area contributed by atoms with E-state index in [2.05, 4.69) is 0 Å². The zero-order valence-electron chi connectivity index (χ0n) is 10.3. The molecule has 18 heavy (non-hydrogen) atoms. The number of ether oxygens (including phenoxy) is 2. The van der Waals surface area contributed by atoms with Gasteiger partial charge in [0.2, 0.25) is 0 Å². The van der Waals surface area contributed by atoms with Crippen molar-refractivity contribution >= 4 is 5.97 Å². The van der Waals surface area contributed by atoms with Gasteiger partial charge in [-0.2, -0.15) is 0 Å². The third kappa shape index (κ3) is 2.25.